The first-order valence-corrected chi connectivity index (χ1v) is 11.3. The summed E-state index contributed by atoms with van der Waals surface area (Å²) in [5.41, 5.74) is 10.3. The predicted molar refractivity (Wildman–Crippen MR) is 132 cm³/mol. The summed E-state index contributed by atoms with van der Waals surface area (Å²) < 4.78 is 13.3. The number of nitrogens with one attached hydrogen (secondary N) is 1. The van der Waals surface area contributed by atoms with Gasteiger partial charge in [-0.2, -0.15) is 0 Å². The normalized spacial score (nSPS) is 15.0. The average molecular weight is 458 g/mol. The monoisotopic (exact) mass is 457 g/mol. The van der Waals surface area contributed by atoms with Crippen molar-refractivity contribution >= 4 is 11.6 Å². The highest BCUT2D eigenvalue weighted by atomic mass is 19.1. The number of aromatic amines is 1. The first kappa shape index (κ1) is 23.5. The van der Waals surface area contributed by atoms with Gasteiger partial charge in [0.05, 0.1) is 11.7 Å². The quantitative estimate of drug-likeness (QED) is 0.555. The van der Waals surface area contributed by atoms with Crippen LogP contribution in [0.1, 0.15) is 48.2 Å². The Labute approximate surface area is 198 Å². The van der Waals surface area contributed by atoms with E-state index in [4.69, 9.17) is 12.2 Å². The number of amides is 1. The number of fused-ring (bicyclic) bond motifs is 1. The fraction of sp³-hybridized carbons (Fsp3) is 0.286. The summed E-state index contributed by atoms with van der Waals surface area (Å²) in [6.45, 7) is 4.42. The minimum atomic E-state index is -0.679. The van der Waals surface area contributed by atoms with Gasteiger partial charge in [-0.05, 0) is 54.3 Å². The van der Waals surface area contributed by atoms with Crippen molar-refractivity contribution in [3.05, 3.63) is 98.7 Å². The van der Waals surface area contributed by atoms with Crippen molar-refractivity contribution in [1.29, 1.82) is 0 Å². The lowest BCUT2D eigenvalue weighted by Gasteiger charge is -2.23. The first-order valence-electron chi connectivity index (χ1n) is 11.3. The van der Waals surface area contributed by atoms with Gasteiger partial charge in [0, 0.05) is 35.2 Å². The molecule has 5 nitrogen and oxygen atoms in total. The van der Waals surface area contributed by atoms with E-state index in [2.05, 4.69) is 10.9 Å². The van der Waals surface area contributed by atoms with Crippen molar-refractivity contribution in [2.24, 2.45) is 5.73 Å². The Bertz CT molecular complexity index is 1300. The van der Waals surface area contributed by atoms with Gasteiger partial charge in [0.25, 0.3) is 5.56 Å². The van der Waals surface area contributed by atoms with Crippen LogP contribution < -0.4 is 16.2 Å². The van der Waals surface area contributed by atoms with Crippen LogP contribution >= 0.6 is 0 Å². The molecular weight excluding hydrogens is 429 g/mol. The minimum absolute atomic E-state index is 0.174. The molecule has 6 heteroatoms. The lowest BCUT2D eigenvalue weighted by molar-refractivity contribution is -0.120. The van der Waals surface area contributed by atoms with E-state index in [1.54, 1.807) is 23.1 Å². The van der Waals surface area contributed by atoms with Gasteiger partial charge in [-0.3, -0.25) is 9.59 Å². The van der Waals surface area contributed by atoms with Crippen LogP contribution in [-0.4, -0.2) is 23.5 Å². The number of halogens is 1. The number of nitrogens with two attached hydrogens (primary N) is 1. The van der Waals surface area contributed by atoms with Crippen LogP contribution in [-0.2, 0) is 23.1 Å². The summed E-state index contributed by atoms with van der Waals surface area (Å²) in [6, 6.07) is 14.8. The number of H-pyrrole nitrogens is 1. The summed E-state index contributed by atoms with van der Waals surface area (Å²) in [7, 11) is 0. The third-order valence-corrected chi connectivity index (χ3v) is 6.37. The van der Waals surface area contributed by atoms with Gasteiger partial charge in [0.1, 0.15) is 5.82 Å². The highest BCUT2D eigenvalue weighted by Gasteiger charge is 2.40. The number of carbonyl (C=O) groups is 1. The number of aromatic nitrogens is 1. The molecule has 1 amide bonds. The molecule has 2 heterocycles. The average Bonchev–Trinajstić information content (AvgIpc) is 3.08. The number of benzene rings is 2. The smallest absolute Gasteiger partial charge is 0.251 e. The Balaban J connectivity index is 1.55. The van der Waals surface area contributed by atoms with Crippen LogP contribution in [0.15, 0.2) is 59.4 Å². The molecule has 0 saturated carbocycles. The molecule has 1 aliphatic heterocycles. The van der Waals surface area contributed by atoms with Crippen molar-refractivity contribution < 1.29 is 9.18 Å². The van der Waals surface area contributed by atoms with Gasteiger partial charge in [0.15, 0.2) is 0 Å². The second-order valence-electron chi connectivity index (χ2n) is 9.48. The lowest BCUT2D eigenvalue weighted by Crippen LogP contribution is -2.45. The third-order valence-electron chi connectivity index (χ3n) is 6.37. The molecule has 0 spiro atoms. The number of nitrogens with zero attached hydrogens (tertiary/aromatic N) is 1. The fourth-order valence-corrected chi connectivity index (χ4v) is 4.41. The maximum atomic E-state index is 13.4. The number of aryl methyl sites for hydroxylation is 1. The molecule has 0 radical (unpaired) electrons. The number of terminal acetylenes is 1. The molecule has 0 saturated heterocycles. The zero-order chi connectivity index (χ0) is 24.5. The van der Waals surface area contributed by atoms with Crippen LogP contribution in [0.3, 0.4) is 0 Å². The zero-order valence-electron chi connectivity index (χ0n) is 19.4. The highest BCUT2D eigenvalue weighted by Crippen LogP contribution is 2.39. The molecule has 1 atom stereocenters. The van der Waals surface area contributed by atoms with Crippen LogP contribution in [0.25, 0.3) is 0 Å². The van der Waals surface area contributed by atoms with Gasteiger partial charge < -0.3 is 15.6 Å². The van der Waals surface area contributed by atoms with Crippen molar-refractivity contribution in [2.45, 2.75) is 44.6 Å². The molecule has 1 aliphatic rings. The van der Waals surface area contributed by atoms with E-state index in [0.29, 0.717) is 37.1 Å². The SMILES string of the molecule is C#Cc1ccc(CC[C@H](N)C(=O)N2CC(C)(C)c3[nH]c(=O)c(Cc4ccc(F)cc4)cc32)cc1. The van der Waals surface area contributed by atoms with Gasteiger partial charge in [-0.25, -0.2) is 4.39 Å². The molecule has 174 valence electrons. The van der Waals surface area contributed by atoms with E-state index < -0.39 is 11.5 Å². The number of pyridine rings is 1. The Kier molecular flexibility index (Phi) is 6.41. The Morgan fingerprint density at radius 2 is 1.82 bits per heavy atom. The predicted octanol–water partition coefficient (Wildman–Crippen LogP) is 3.67. The summed E-state index contributed by atoms with van der Waals surface area (Å²) in [6.07, 6.45) is 6.89. The molecular formula is C28H28FN3O2. The van der Waals surface area contributed by atoms with Crippen molar-refractivity contribution in [2.75, 3.05) is 11.4 Å². The Morgan fingerprint density at radius 1 is 1.18 bits per heavy atom. The summed E-state index contributed by atoms with van der Waals surface area (Å²) in [5.74, 6) is 2.09. The highest BCUT2D eigenvalue weighted by molar-refractivity contribution is 5.99. The molecule has 0 aliphatic carbocycles. The molecule has 4 rings (SSSR count). The van der Waals surface area contributed by atoms with Crippen molar-refractivity contribution in [3.8, 4) is 12.3 Å². The topological polar surface area (TPSA) is 79.2 Å². The van der Waals surface area contributed by atoms with Gasteiger partial charge in [-0.1, -0.05) is 44.0 Å². The van der Waals surface area contributed by atoms with E-state index >= 15 is 0 Å². The van der Waals surface area contributed by atoms with E-state index in [1.807, 2.05) is 38.1 Å². The molecule has 0 fully saturated rings. The number of rotatable bonds is 6. The van der Waals surface area contributed by atoms with Gasteiger partial charge in [-0.15, -0.1) is 6.42 Å². The van der Waals surface area contributed by atoms with Gasteiger partial charge >= 0.3 is 0 Å². The maximum Gasteiger partial charge on any atom is 0.251 e. The van der Waals surface area contributed by atoms with E-state index in [0.717, 1.165) is 22.4 Å². The molecule has 2 aromatic carbocycles. The largest absolute Gasteiger partial charge is 0.323 e. The molecule has 1 aromatic heterocycles. The molecule has 3 aromatic rings. The number of carbonyl (C=O) groups excluding carboxylic acids is 1. The summed E-state index contributed by atoms with van der Waals surface area (Å²) in [4.78, 5) is 30.8. The Morgan fingerprint density at radius 3 is 2.47 bits per heavy atom. The van der Waals surface area contributed by atoms with Crippen LogP contribution in [0.5, 0.6) is 0 Å². The molecule has 34 heavy (non-hydrogen) atoms. The van der Waals surface area contributed by atoms with Crippen LogP contribution in [0.4, 0.5) is 10.1 Å². The number of hydrogen-bond donors (Lipinski definition) is 2. The standard InChI is InChI=1S/C28H28FN3O2/c1-4-18-5-7-19(8-6-18)11-14-23(30)27(34)32-17-28(2,3)25-24(32)16-21(26(33)31-25)15-20-9-12-22(29)13-10-20/h1,5-10,12-13,16,23H,11,14-15,17,30H2,2-3H3,(H,31,33)/t23-/m0/s1. The zero-order valence-corrected chi connectivity index (χ0v) is 19.4. The van der Waals surface area contributed by atoms with Crippen LogP contribution in [0.2, 0.25) is 0 Å². The molecule has 0 bridgehead atoms. The van der Waals surface area contributed by atoms with E-state index in [1.165, 1.54) is 12.1 Å². The second kappa shape index (κ2) is 9.28. The van der Waals surface area contributed by atoms with Crippen molar-refractivity contribution in [1.82, 2.24) is 4.98 Å². The summed E-state index contributed by atoms with van der Waals surface area (Å²) in [5, 5.41) is 0. The second-order valence-corrected chi connectivity index (χ2v) is 9.48. The Hall–Kier alpha value is -3.69. The van der Waals surface area contributed by atoms with Gasteiger partial charge in [0.2, 0.25) is 5.91 Å². The fourth-order valence-electron chi connectivity index (χ4n) is 4.41. The molecule has 3 N–H and O–H groups in total. The summed E-state index contributed by atoms with van der Waals surface area (Å²) >= 11 is 0. The maximum absolute atomic E-state index is 13.4. The van der Waals surface area contributed by atoms with Crippen LogP contribution in [0, 0.1) is 18.2 Å². The minimum Gasteiger partial charge on any atom is -0.323 e. The number of anilines is 1. The lowest BCUT2D eigenvalue weighted by atomic mass is 9.91. The third kappa shape index (κ3) is 4.80. The number of hydrogen-bond acceptors (Lipinski definition) is 3. The van der Waals surface area contributed by atoms with E-state index in [9.17, 15) is 14.0 Å². The van der Waals surface area contributed by atoms with E-state index in [-0.39, 0.29) is 17.3 Å². The molecule has 0 unspecified atom stereocenters. The van der Waals surface area contributed by atoms with Crippen molar-refractivity contribution in [3.63, 3.8) is 0 Å². The first-order chi connectivity index (χ1) is 16.2.